The van der Waals surface area contributed by atoms with E-state index in [9.17, 15) is 0 Å². The molecule has 0 aliphatic carbocycles. The van der Waals surface area contributed by atoms with Crippen LogP contribution in [0.15, 0.2) is 48.5 Å². The van der Waals surface area contributed by atoms with Gasteiger partial charge in [-0.1, -0.05) is 24.3 Å². The number of nitrogens with zero attached hydrogens (tertiary/aromatic N) is 2. The maximum Gasteiger partial charge on any atom is 0.0991 e. The number of hydrogen-bond acceptors (Lipinski definition) is 2. The van der Waals surface area contributed by atoms with Crippen molar-refractivity contribution in [1.29, 1.82) is 5.26 Å². The number of hydrogen-bond donors (Lipinski definition) is 0. The lowest BCUT2D eigenvalue weighted by Crippen LogP contribution is -2.16. The van der Waals surface area contributed by atoms with Crippen molar-refractivity contribution in [2.75, 3.05) is 11.9 Å². The van der Waals surface area contributed by atoms with Gasteiger partial charge in [0, 0.05) is 19.3 Å². The highest BCUT2D eigenvalue weighted by atomic mass is 15.1. The molecule has 0 amide bonds. The number of benzene rings is 2. The molecule has 2 heteroatoms. The van der Waals surface area contributed by atoms with E-state index in [2.05, 4.69) is 49.2 Å². The molecule has 0 heterocycles. The highest BCUT2D eigenvalue weighted by Crippen LogP contribution is 2.17. The second kappa shape index (κ2) is 5.37. The Balaban J connectivity index is 2.11. The number of rotatable bonds is 3. The predicted molar refractivity (Wildman–Crippen MR) is 74.4 cm³/mol. The van der Waals surface area contributed by atoms with Gasteiger partial charge in [-0.05, 0) is 42.3 Å². The van der Waals surface area contributed by atoms with Crippen LogP contribution in [0.3, 0.4) is 0 Å². The molecular weight excluding hydrogens is 220 g/mol. The monoisotopic (exact) mass is 236 g/mol. The van der Waals surface area contributed by atoms with Crippen LogP contribution in [0.25, 0.3) is 0 Å². The van der Waals surface area contributed by atoms with E-state index in [1.54, 1.807) is 0 Å². The van der Waals surface area contributed by atoms with Gasteiger partial charge in [0.1, 0.15) is 0 Å². The molecule has 0 aliphatic heterocycles. The Morgan fingerprint density at radius 2 is 1.83 bits per heavy atom. The van der Waals surface area contributed by atoms with E-state index >= 15 is 0 Å². The van der Waals surface area contributed by atoms with Gasteiger partial charge in [-0.3, -0.25) is 0 Å². The molecule has 0 atom stereocenters. The summed E-state index contributed by atoms with van der Waals surface area (Å²) in [6, 6.07) is 18.3. The van der Waals surface area contributed by atoms with Gasteiger partial charge >= 0.3 is 0 Å². The zero-order valence-corrected chi connectivity index (χ0v) is 10.7. The average Bonchev–Trinajstić information content (AvgIpc) is 2.39. The van der Waals surface area contributed by atoms with Gasteiger partial charge in [-0.25, -0.2) is 0 Å². The molecule has 0 unspecified atom stereocenters. The van der Waals surface area contributed by atoms with Crippen LogP contribution in [0.2, 0.25) is 0 Å². The van der Waals surface area contributed by atoms with E-state index in [4.69, 9.17) is 5.26 Å². The van der Waals surface area contributed by atoms with Crippen LogP contribution in [0.4, 0.5) is 5.69 Å². The zero-order chi connectivity index (χ0) is 13.0. The van der Waals surface area contributed by atoms with Crippen molar-refractivity contribution >= 4 is 5.69 Å². The molecule has 90 valence electrons. The van der Waals surface area contributed by atoms with Crippen molar-refractivity contribution in [2.24, 2.45) is 0 Å². The van der Waals surface area contributed by atoms with Gasteiger partial charge < -0.3 is 4.90 Å². The molecule has 0 spiro atoms. The van der Waals surface area contributed by atoms with Gasteiger partial charge in [-0.2, -0.15) is 5.26 Å². The Bertz CT molecular complexity index is 564. The summed E-state index contributed by atoms with van der Waals surface area (Å²) in [6.45, 7) is 2.94. The Kier molecular flexibility index (Phi) is 3.64. The van der Waals surface area contributed by atoms with E-state index in [1.807, 2.05) is 24.3 Å². The minimum atomic E-state index is 0.706. The molecule has 2 aromatic rings. The number of anilines is 1. The summed E-state index contributed by atoms with van der Waals surface area (Å²) in [5.74, 6) is 0. The Morgan fingerprint density at radius 3 is 2.44 bits per heavy atom. The lowest BCUT2D eigenvalue weighted by Gasteiger charge is -2.19. The van der Waals surface area contributed by atoms with Gasteiger partial charge in [0.15, 0.2) is 0 Å². The van der Waals surface area contributed by atoms with Gasteiger partial charge in [0.2, 0.25) is 0 Å². The van der Waals surface area contributed by atoms with Crippen molar-refractivity contribution in [3.8, 4) is 6.07 Å². The van der Waals surface area contributed by atoms with E-state index in [-0.39, 0.29) is 0 Å². The summed E-state index contributed by atoms with van der Waals surface area (Å²) in [5.41, 5.74) is 4.38. The molecule has 2 nitrogen and oxygen atoms in total. The van der Waals surface area contributed by atoms with Crippen molar-refractivity contribution in [3.63, 3.8) is 0 Å². The molecule has 0 radical (unpaired) electrons. The smallest absolute Gasteiger partial charge is 0.0991 e. The van der Waals surface area contributed by atoms with E-state index in [1.165, 1.54) is 16.8 Å². The van der Waals surface area contributed by atoms with E-state index < -0.39 is 0 Å². The summed E-state index contributed by atoms with van der Waals surface area (Å²) < 4.78 is 0. The van der Waals surface area contributed by atoms with Crippen LogP contribution in [-0.2, 0) is 6.54 Å². The fourth-order valence-corrected chi connectivity index (χ4v) is 1.92. The fraction of sp³-hybridized carbons (Fsp3) is 0.188. The molecule has 2 rings (SSSR count). The number of aryl methyl sites for hydroxylation is 1. The maximum atomic E-state index is 8.76. The first-order valence-electron chi connectivity index (χ1n) is 5.96. The van der Waals surface area contributed by atoms with Crippen molar-refractivity contribution in [1.82, 2.24) is 0 Å². The first-order chi connectivity index (χ1) is 8.69. The molecule has 0 fully saturated rings. The van der Waals surface area contributed by atoms with Crippen molar-refractivity contribution in [2.45, 2.75) is 13.5 Å². The molecule has 0 N–H and O–H groups in total. The summed E-state index contributed by atoms with van der Waals surface area (Å²) in [4.78, 5) is 2.20. The van der Waals surface area contributed by atoms with Crippen LogP contribution in [0.1, 0.15) is 16.7 Å². The maximum absolute atomic E-state index is 8.76. The van der Waals surface area contributed by atoms with Crippen LogP contribution in [0, 0.1) is 18.3 Å². The summed E-state index contributed by atoms with van der Waals surface area (Å²) in [7, 11) is 2.08. The summed E-state index contributed by atoms with van der Waals surface area (Å²) in [5, 5.41) is 8.76. The molecule has 0 saturated heterocycles. The van der Waals surface area contributed by atoms with Crippen molar-refractivity contribution < 1.29 is 0 Å². The van der Waals surface area contributed by atoms with Gasteiger partial charge in [0.05, 0.1) is 11.6 Å². The third kappa shape index (κ3) is 2.89. The molecule has 0 saturated carbocycles. The average molecular weight is 236 g/mol. The van der Waals surface area contributed by atoms with Gasteiger partial charge in [-0.15, -0.1) is 0 Å². The molecular formula is C16H16N2. The molecule has 0 bridgehead atoms. The highest BCUT2D eigenvalue weighted by Gasteiger charge is 2.02. The van der Waals surface area contributed by atoms with Gasteiger partial charge in [0.25, 0.3) is 0 Å². The Hall–Kier alpha value is -2.27. The van der Waals surface area contributed by atoms with Crippen LogP contribution in [0.5, 0.6) is 0 Å². The third-order valence-electron chi connectivity index (χ3n) is 2.95. The van der Waals surface area contributed by atoms with Crippen LogP contribution in [-0.4, -0.2) is 7.05 Å². The topological polar surface area (TPSA) is 27.0 Å². The Morgan fingerprint density at radius 1 is 1.11 bits per heavy atom. The molecule has 18 heavy (non-hydrogen) atoms. The van der Waals surface area contributed by atoms with E-state index in [0.29, 0.717) is 5.56 Å². The minimum absolute atomic E-state index is 0.706. The Labute approximate surface area is 108 Å². The first-order valence-corrected chi connectivity index (χ1v) is 5.96. The minimum Gasteiger partial charge on any atom is -0.370 e. The normalized spacial score (nSPS) is 9.83. The number of nitriles is 1. The summed E-state index contributed by atoms with van der Waals surface area (Å²) in [6.07, 6.45) is 0. The molecule has 2 aromatic carbocycles. The molecule has 0 aromatic heterocycles. The SMILES string of the molecule is Cc1cccc(N(C)Cc2ccc(C#N)cc2)c1. The van der Waals surface area contributed by atoms with Crippen molar-refractivity contribution in [3.05, 3.63) is 65.2 Å². The predicted octanol–water partition coefficient (Wildman–Crippen LogP) is 3.50. The lowest BCUT2D eigenvalue weighted by atomic mass is 10.1. The van der Waals surface area contributed by atoms with E-state index in [0.717, 1.165) is 6.54 Å². The lowest BCUT2D eigenvalue weighted by molar-refractivity contribution is 0.922. The second-order valence-corrected chi connectivity index (χ2v) is 4.50. The standard InChI is InChI=1S/C16H16N2/c1-13-4-3-5-16(10-13)18(2)12-15-8-6-14(11-17)7-9-15/h3-10H,12H2,1-2H3. The highest BCUT2D eigenvalue weighted by molar-refractivity contribution is 5.48. The van der Waals surface area contributed by atoms with Crippen LogP contribution < -0.4 is 4.90 Å². The zero-order valence-electron chi connectivity index (χ0n) is 10.7. The largest absolute Gasteiger partial charge is 0.370 e. The third-order valence-corrected chi connectivity index (χ3v) is 2.95. The van der Waals surface area contributed by atoms with Crippen LogP contribution >= 0.6 is 0 Å². The quantitative estimate of drug-likeness (QED) is 0.815. The fourth-order valence-electron chi connectivity index (χ4n) is 1.92. The molecule has 0 aliphatic rings. The summed E-state index contributed by atoms with van der Waals surface area (Å²) >= 11 is 0. The second-order valence-electron chi connectivity index (χ2n) is 4.50. The first kappa shape index (κ1) is 12.2.